The summed E-state index contributed by atoms with van der Waals surface area (Å²) in [5.74, 6) is 0. The molecule has 3 aliphatic heterocycles. The fourth-order valence-electron chi connectivity index (χ4n) is 4.41. The van der Waals surface area contributed by atoms with Gasteiger partial charge in [-0.1, -0.05) is 65.8 Å². The molecule has 0 aliphatic carbocycles. The van der Waals surface area contributed by atoms with Crippen LogP contribution in [0.3, 0.4) is 0 Å². The zero-order valence-corrected chi connectivity index (χ0v) is 25.9. The molecule has 0 spiro atoms. The summed E-state index contributed by atoms with van der Waals surface area (Å²) in [6.07, 6.45) is 2.54. The molecule has 41 heavy (non-hydrogen) atoms. The number of aliphatic hydroxyl groups is 1. The molecular weight excluding hydrogens is 562 g/mol. The Kier molecular flexibility index (Phi) is 20.6. The van der Waals surface area contributed by atoms with Gasteiger partial charge < -0.3 is 20.9 Å². The van der Waals surface area contributed by atoms with Gasteiger partial charge in [-0.3, -0.25) is 14.7 Å². The van der Waals surface area contributed by atoms with E-state index in [1.807, 2.05) is 18.2 Å². The van der Waals surface area contributed by atoms with Crippen LogP contribution in [0.4, 0.5) is 0 Å². The van der Waals surface area contributed by atoms with Gasteiger partial charge in [-0.2, -0.15) is 0 Å². The number of β-amino-alcohol motifs (C(OH)–C–C–N with tert-alkyl or cyclic N) is 1. The first-order valence-corrected chi connectivity index (χ1v) is 13.4. The van der Waals surface area contributed by atoms with E-state index in [9.17, 15) is 5.11 Å². The van der Waals surface area contributed by atoms with E-state index in [1.54, 1.807) is 0 Å². The van der Waals surface area contributed by atoms with Gasteiger partial charge >= 0.3 is 48.4 Å². The molecule has 17 heteroatoms. The van der Waals surface area contributed by atoms with Crippen LogP contribution in [0.25, 0.3) is 26.4 Å². The topological polar surface area (TPSA) is 239 Å². The van der Waals surface area contributed by atoms with Crippen molar-refractivity contribution in [2.24, 2.45) is 5.11 Å². The third-order valence-corrected chi connectivity index (χ3v) is 6.18. The second-order valence-electron chi connectivity index (χ2n) is 9.04. The third kappa shape index (κ3) is 18.0. The van der Waals surface area contributed by atoms with Crippen molar-refractivity contribution >= 4 is 0 Å². The van der Waals surface area contributed by atoms with Gasteiger partial charge in [-0.15, -0.1) is 10.2 Å². The van der Waals surface area contributed by atoms with E-state index in [1.165, 1.54) is 29.0 Å². The fourth-order valence-corrected chi connectivity index (χ4v) is 4.41. The summed E-state index contributed by atoms with van der Waals surface area (Å²) < 4.78 is 39.5. The van der Waals surface area contributed by atoms with E-state index in [4.69, 9.17) is 40.0 Å². The molecule has 3 fully saturated rings. The Morgan fingerprint density at radius 2 is 1.27 bits per heavy atom. The van der Waals surface area contributed by atoms with Crippen molar-refractivity contribution in [2.45, 2.75) is 50.3 Å². The number of aliphatic hydroxyl groups excluding tert-OH is 1. The number of rotatable bonds is 5. The first-order valence-electron chi connectivity index (χ1n) is 12.1. The van der Waals surface area contributed by atoms with Crippen LogP contribution in [0.2, 0.25) is 0 Å². The number of fused-ring (bicyclic) bond motifs is 1. The molecule has 3 aliphatic rings. The fraction of sp³-hybridized carbons (Fsp3) is 0.500. The molecule has 4 atom stereocenters. The van der Waals surface area contributed by atoms with Gasteiger partial charge in [0.15, 0.2) is 0 Å². The van der Waals surface area contributed by atoms with Crippen LogP contribution < -0.4 is 67.1 Å². The van der Waals surface area contributed by atoms with E-state index in [2.05, 4.69) is 62.3 Å². The number of likely N-dealkylation sites (tertiary alicyclic amines) is 2. The number of benzene rings is 2. The van der Waals surface area contributed by atoms with E-state index in [-0.39, 0.29) is 54.5 Å². The summed E-state index contributed by atoms with van der Waals surface area (Å²) in [5.41, 5.74) is 24.5. The normalized spacial score (nSPS) is 22.8. The molecule has 2 unspecified atom stereocenters. The van der Waals surface area contributed by atoms with Crippen molar-refractivity contribution in [2.75, 3.05) is 26.2 Å². The third-order valence-electron chi connectivity index (χ3n) is 6.18. The maximum absolute atomic E-state index is 9.84. The Morgan fingerprint density at radius 3 is 1.68 bits per heavy atom. The second-order valence-corrected chi connectivity index (χ2v) is 9.79. The number of halogens is 1. The number of ether oxygens (including phenoxy) is 1. The predicted octanol–water partition coefficient (Wildman–Crippen LogP) is -6.29. The molecule has 0 radical (unpaired) electrons. The maximum Gasteiger partial charge on any atom is 1.00 e. The van der Waals surface area contributed by atoms with Crippen LogP contribution in [-0.2, 0) is 17.8 Å². The number of piperidine rings is 2. The van der Waals surface area contributed by atoms with Gasteiger partial charge in [-0.05, 0) is 36.0 Å². The molecule has 1 N–H and O–H groups in total. The molecule has 0 amide bonds. The van der Waals surface area contributed by atoms with Crippen LogP contribution in [-0.4, -0.2) is 65.4 Å². The van der Waals surface area contributed by atoms with Crippen LogP contribution >= 0.6 is 0 Å². The first kappa shape index (κ1) is 39.6. The van der Waals surface area contributed by atoms with Crippen LogP contribution in [0.15, 0.2) is 65.8 Å². The smallest absolute Gasteiger partial charge is 0.391 e. The number of hydrogen-bond donors (Lipinski definition) is 1. The van der Waals surface area contributed by atoms with Crippen molar-refractivity contribution in [1.29, 1.82) is 0 Å². The maximum atomic E-state index is 9.84. The number of azide groups is 1. The van der Waals surface area contributed by atoms with Gasteiger partial charge in [0.25, 0.3) is 0 Å². The van der Waals surface area contributed by atoms with E-state index >= 15 is 0 Å². The monoisotopic (exact) mass is 592 g/mol. The molecule has 2 aromatic rings. The Bertz CT molecular complexity index is 1060. The van der Waals surface area contributed by atoms with Gasteiger partial charge in [0.1, 0.15) is 0 Å². The van der Waals surface area contributed by atoms with Gasteiger partial charge in [0, 0.05) is 37.6 Å². The molecule has 0 saturated carbocycles. The quantitative estimate of drug-likeness (QED) is 0.115. The van der Waals surface area contributed by atoms with Crippen molar-refractivity contribution in [1.82, 2.24) is 9.80 Å². The largest absolute Gasteiger partial charge is 1.00 e. The molecule has 14 nitrogen and oxygen atoms in total. The SMILES string of the molecule is [Li+].[N-]=[N+]=N[C@@H]1CCN(Cc2ccccc2)C[C@H]1O.[N-]=[N+]=[N-].[Na+].[O-][Cl+3]([O-])([O-])[O-].c1ccc(CN2CCC3OC3C2)cc1. The van der Waals surface area contributed by atoms with Crippen LogP contribution in [0.1, 0.15) is 24.0 Å². The van der Waals surface area contributed by atoms with Crippen molar-refractivity contribution in [3.63, 3.8) is 0 Å². The summed E-state index contributed by atoms with van der Waals surface area (Å²) >= 11 is 0. The summed E-state index contributed by atoms with van der Waals surface area (Å²) in [6, 6.07) is 20.6. The molecule has 5 rings (SSSR count). The first-order chi connectivity index (χ1) is 18.6. The summed E-state index contributed by atoms with van der Waals surface area (Å²) in [6.45, 7) is 5.65. The van der Waals surface area contributed by atoms with E-state index in [0.717, 1.165) is 32.6 Å². The number of epoxide rings is 1. The zero-order valence-electron chi connectivity index (χ0n) is 23.2. The minimum atomic E-state index is -4.94. The Balaban J connectivity index is 0.000000603. The van der Waals surface area contributed by atoms with Crippen molar-refractivity contribution in [3.8, 4) is 0 Å². The number of hydrogen-bond acceptors (Lipinski definition) is 9. The summed E-state index contributed by atoms with van der Waals surface area (Å²) in [4.78, 5) is 8.94. The minimum Gasteiger partial charge on any atom is -0.391 e. The summed E-state index contributed by atoms with van der Waals surface area (Å²) in [7, 11) is -4.94. The molecule has 212 valence electrons. The van der Waals surface area contributed by atoms with Gasteiger partial charge in [0.2, 0.25) is 0 Å². The number of nitrogens with zero attached hydrogens (tertiary/aromatic N) is 8. The average molecular weight is 593 g/mol. The summed E-state index contributed by atoms with van der Waals surface area (Å²) in [5, 5.41) is 13.5. The van der Waals surface area contributed by atoms with Crippen molar-refractivity contribution < 1.29 is 87.1 Å². The average Bonchev–Trinajstić information content (AvgIpc) is 3.66. The molecule has 0 bridgehead atoms. The van der Waals surface area contributed by atoms with Gasteiger partial charge in [0.05, 0.1) is 24.4 Å². The molecule has 0 aromatic heterocycles. The second kappa shape index (κ2) is 21.3. The standard InChI is InChI=1S/C12H16N4O.C12H15NO.ClHO4.Li.N3.Na/c13-15-14-11-6-7-16(9-12(11)17)8-10-4-2-1-3-5-10;1-2-4-10(5-3-1)8-13-7-6-11-12(9-13)14-11;2-1(3,4)5;;1-3-2;/h1-5,11-12,17H,6-9H2;1-5,11-12H,6-9H2;(H,2,3,4,5);;;/q;;;+1;-1;+1/p-1/t11-,12-;;;;;/m1...../s1. The molecule has 3 saturated heterocycles. The molecule has 2 aromatic carbocycles. The minimum absolute atomic E-state index is 0. The van der Waals surface area contributed by atoms with E-state index in [0.29, 0.717) is 18.8 Å². The Morgan fingerprint density at radius 1 is 0.829 bits per heavy atom. The molecular formula is C24H31ClLiN8NaO6. The van der Waals surface area contributed by atoms with E-state index < -0.39 is 16.3 Å². The Hall–Kier alpha value is -1.37. The zero-order chi connectivity index (χ0) is 28.7. The van der Waals surface area contributed by atoms with Crippen LogP contribution in [0.5, 0.6) is 0 Å². The van der Waals surface area contributed by atoms with Crippen LogP contribution in [0, 0.1) is 10.2 Å². The van der Waals surface area contributed by atoms with Gasteiger partial charge in [-0.25, -0.2) is 18.6 Å². The predicted molar refractivity (Wildman–Crippen MR) is 130 cm³/mol. The molecule has 3 heterocycles. The van der Waals surface area contributed by atoms with Crippen molar-refractivity contribution in [3.05, 3.63) is 98.2 Å². The Labute approximate surface area is 275 Å².